The first-order valence-corrected chi connectivity index (χ1v) is 14.1. The van der Waals surface area contributed by atoms with Crippen LogP contribution < -0.4 is 23.8 Å². The van der Waals surface area contributed by atoms with E-state index in [0.717, 1.165) is 4.31 Å². The van der Waals surface area contributed by atoms with Crippen molar-refractivity contribution in [1.82, 2.24) is 10.2 Å². The van der Waals surface area contributed by atoms with E-state index >= 15 is 0 Å². The zero-order chi connectivity index (χ0) is 29.3. The van der Waals surface area contributed by atoms with Crippen molar-refractivity contribution in [3.8, 4) is 17.2 Å². The molecule has 3 aromatic carbocycles. The Kier molecular flexibility index (Phi) is 10.4. The molecule has 0 aliphatic carbocycles. The van der Waals surface area contributed by atoms with E-state index in [1.54, 1.807) is 55.5 Å². The Hall–Kier alpha value is -4.25. The summed E-state index contributed by atoms with van der Waals surface area (Å²) in [4.78, 5) is 28.3. The van der Waals surface area contributed by atoms with Crippen molar-refractivity contribution in [2.24, 2.45) is 0 Å². The number of carbonyl (C=O) groups is 2. The number of nitrogens with zero attached hydrogens (tertiary/aromatic N) is 2. The highest BCUT2D eigenvalue weighted by molar-refractivity contribution is 7.92. The molecule has 40 heavy (non-hydrogen) atoms. The first-order chi connectivity index (χ1) is 19.2. The standard InChI is InChI=1S/C29H35N3O7S/c1-6-25(29(34)30-2)31(19-21-11-10-12-22(17-21)37-3)28(33)20-32(40(35,36)24-13-8-7-9-14-24)26-18-23(38-4)15-16-27(26)39-5/h7-18,25H,6,19-20H2,1-5H3,(H,30,34). The number of anilines is 1. The van der Waals surface area contributed by atoms with Crippen LogP contribution in [0.1, 0.15) is 18.9 Å². The lowest BCUT2D eigenvalue weighted by Crippen LogP contribution is -2.51. The Morgan fingerprint density at radius 2 is 1.55 bits per heavy atom. The van der Waals surface area contributed by atoms with Crippen LogP contribution in [0.3, 0.4) is 0 Å². The predicted octanol–water partition coefficient (Wildman–Crippen LogP) is 3.46. The van der Waals surface area contributed by atoms with Gasteiger partial charge in [0.05, 0.1) is 31.9 Å². The van der Waals surface area contributed by atoms with Gasteiger partial charge in [0, 0.05) is 19.7 Å². The third kappa shape index (κ3) is 6.84. The summed E-state index contributed by atoms with van der Waals surface area (Å²) in [6.45, 7) is 1.24. The number of ether oxygens (including phenoxy) is 3. The number of likely N-dealkylation sites (N-methyl/N-ethyl adjacent to an activating group) is 1. The summed E-state index contributed by atoms with van der Waals surface area (Å²) in [5, 5.41) is 2.61. The highest BCUT2D eigenvalue weighted by Crippen LogP contribution is 2.36. The van der Waals surface area contributed by atoms with Crippen molar-refractivity contribution in [2.75, 3.05) is 39.2 Å². The number of methoxy groups -OCH3 is 3. The van der Waals surface area contributed by atoms with Gasteiger partial charge in [0.1, 0.15) is 29.8 Å². The van der Waals surface area contributed by atoms with Crippen molar-refractivity contribution >= 4 is 27.5 Å². The molecule has 10 nitrogen and oxygen atoms in total. The van der Waals surface area contributed by atoms with Gasteiger partial charge in [-0.1, -0.05) is 37.3 Å². The second-order valence-corrected chi connectivity index (χ2v) is 10.6. The Labute approximate surface area is 235 Å². The Balaban J connectivity index is 2.14. The number of carbonyl (C=O) groups excluding carboxylic acids is 2. The largest absolute Gasteiger partial charge is 0.497 e. The Bertz CT molecular complexity index is 1410. The van der Waals surface area contributed by atoms with E-state index in [1.165, 1.54) is 51.5 Å². The van der Waals surface area contributed by atoms with Gasteiger partial charge in [-0.3, -0.25) is 13.9 Å². The van der Waals surface area contributed by atoms with Crippen LogP contribution in [0.4, 0.5) is 5.69 Å². The molecule has 0 saturated carbocycles. The molecular weight excluding hydrogens is 534 g/mol. The second-order valence-electron chi connectivity index (χ2n) is 8.77. The molecule has 0 heterocycles. The van der Waals surface area contributed by atoms with Gasteiger partial charge in [0.15, 0.2) is 0 Å². The molecule has 214 valence electrons. The van der Waals surface area contributed by atoms with Crippen LogP contribution in [-0.2, 0) is 26.2 Å². The van der Waals surface area contributed by atoms with E-state index < -0.39 is 28.5 Å². The molecule has 0 bridgehead atoms. The summed E-state index contributed by atoms with van der Waals surface area (Å²) in [6, 6.07) is 18.8. The maximum Gasteiger partial charge on any atom is 0.264 e. The van der Waals surface area contributed by atoms with E-state index in [1.807, 2.05) is 6.07 Å². The monoisotopic (exact) mass is 569 g/mol. The molecule has 0 saturated heterocycles. The third-order valence-electron chi connectivity index (χ3n) is 6.38. The average Bonchev–Trinajstić information content (AvgIpc) is 2.99. The van der Waals surface area contributed by atoms with Gasteiger partial charge in [0.2, 0.25) is 11.8 Å². The fourth-order valence-electron chi connectivity index (χ4n) is 4.28. The maximum absolute atomic E-state index is 14.1. The summed E-state index contributed by atoms with van der Waals surface area (Å²) in [5.41, 5.74) is 0.833. The van der Waals surface area contributed by atoms with Gasteiger partial charge in [-0.25, -0.2) is 8.42 Å². The van der Waals surface area contributed by atoms with Gasteiger partial charge in [0.25, 0.3) is 10.0 Å². The van der Waals surface area contributed by atoms with E-state index in [-0.39, 0.29) is 28.8 Å². The van der Waals surface area contributed by atoms with Gasteiger partial charge in [-0.15, -0.1) is 0 Å². The molecule has 0 fully saturated rings. The van der Waals surface area contributed by atoms with E-state index in [9.17, 15) is 18.0 Å². The summed E-state index contributed by atoms with van der Waals surface area (Å²) in [7, 11) is 1.64. The lowest BCUT2D eigenvalue weighted by Gasteiger charge is -2.33. The van der Waals surface area contributed by atoms with Crippen LogP contribution >= 0.6 is 0 Å². The number of amides is 2. The second kappa shape index (κ2) is 13.7. The SMILES string of the molecule is CCC(C(=O)NC)N(Cc1cccc(OC)c1)C(=O)CN(c1cc(OC)ccc1OC)S(=O)(=O)c1ccccc1. The van der Waals surface area contributed by atoms with Gasteiger partial charge in [-0.05, 0) is 48.4 Å². The molecular formula is C29H35N3O7S. The summed E-state index contributed by atoms with van der Waals surface area (Å²) in [5.74, 6) is 0.248. The van der Waals surface area contributed by atoms with Gasteiger partial charge in [-0.2, -0.15) is 0 Å². The number of rotatable bonds is 13. The molecule has 0 aromatic heterocycles. The molecule has 3 aromatic rings. The zero-order valence-electron chi connectivity index (χ0n) is 23.3. The molecule has 0 aliphatic heterocycles. The molecule has 2 amide bonds. The minimum absolute atomic E-state index is 0.00892. The average molecular weight is 570 g/mol. The van der Waals surface area contributed by atoms with Crippen molar-refractivity contribution < 1.29 is 32.2 Å². The molecule has 11 heteroatoms. The van der Waals surface area contributed by atoms with Crippen LogP contribution in [0.2, 0.25) is 0 Å². The predicted molar refractivity (Wildman–Crippen MR) is 152 cm³/mol. The lowest BCUT2D eigenvalue weighted by atomic mass is 10.1. The smallest absolute Gasteiger partial charge is 0.264 e. The molecule has 1 atom stereocenters. The number of benzene rings is 3. The van der Waals surface area contributed by atoms with Crippen LogP contribution in [0.25, 0.3) is 0 Å². The Morgan fingerprint density at radius 1 is 0.875 bits per heavy atom. The van der Waals surface area contributed by atoms with Crippen LogP contribution in [0.5, 0.6) is 17.2 Å². The van der Waals surface area contributed by atoms with Gasteiger partial charge >= 0.3 is 0 Å². The highest BCUT2D eigenvalue weighted by atomic mass is 32.2. The lowest BCUT2D eigenvalue weighted by molar-refractivity contribution is -0.140. The molecule has 1 unspecified atom stereocenters. The van der Waals surface area contributed by atoms with E-state index in [0.29, 0.717) is 23.5 Å². The molecule has 1 N–H and O–H groups in total. The van der Waals surface area contributed by atoms with Crippen LogP contribution in [-0.4, -0.2) is 66.1 Å². The molecule has 0 aliphatic rings. The molecule has 0 radical (unpaired) electrons. The van der Waals surface area contributed by atoms with Crippen molar-refractivity contribution in [2.45, 2.75) is 30.8 Å². The first kappa shape index (κ1) is 30.3. The quantitative estimate of drug-likeness (QED) is 0.335. The van der Waals surface area contributed by atoms with E-state index in [4.69, 9.17) is 14.2 Å². The maximum atomic E-state index is 14.1. The highest BCUT2D eigenvalue weighted by Gasteiger charge is 2.34. The van der Waals surface area contributed by atoms with Crippen molar-refractivity contribution in [3.05, 3.63) is 78.4 Å². The van der Waals surface area contributed by atoms with Gasteiger partial charge < -0.3 is 24.4 Å². The van der Waals surface area contributed by atoms with Crippen molar-refractivity contribution in [3.63, 3.8) is 0 Å². The number of sulfonamides is 1. The van der Waals surface area contributed by atoms with E-state index in [2.05, 4.69) is 5.32 Å². The minimum atomic E-state index is -4.25. The van der Waals surface area contributed by atoms with Crippen LogP contribution in [0, 0.1) is 0 Å². The van der Waals surface area contributed by atoms with Crippen LogP contribution in [0.15, 0.2) is 77.7 Å². The Morgan fingerprint density at radius 3 is 2.15 bits per heavy atom. The minimum Gasteiger partial charge on any atom is -0.497 e. The summed E-state index contributed by atoms with van der Waals surface area (Å²) in [6.07, 6.45) is 0.309. The fourth-order valence-corrected chi connectivity index (χ4v) is 5.72. The summed E-state index contributed by atoms with van der Waals surface area (Å²) >= 11 is 0. The molecule has 3 rings (SSSR count). The number of hydrogen-bond donors (Lipinski definition) is 1. The summed E-state index contributed by atoms with van der Waals surface area (Å²) < 4.78 is 45.1. The first-order valence-electron chi connectivity index (χ1n) is 12.6. The fraction of sp³-hybridized carbons (Fsp3) is 0.310. The zero-order valence-corrected chi connectivity index (χ0v) is 24.1. The topological polar surface area (TPSA) is 114 Å². The number of nitrogens with one attached hydrogen (secondary N) is 1. The number of hydrogen-bond acceptors (Lipinski definition) is 7. The third-order valence-corrected chi connectivity index (χ3v) is 8.16. The molecule has 0 spiro atoms. The normalized spacial score (nSPS) is 11.7. The van der Waals surface area contributed by atoms with Crippen molar-refractivity contribution in [1.29, 1.82) is 0 Å².